The van der Waals surface area contributed by atoms with Crippen LogP contribution in [0.15, 0.2) is 13.4 Å². The van der Waals surface area contributed by atoms with Crippen molar-refractivity contribution in [2.75, 3.05) is 0 Å². The summed E-state index contributed by atoms with van der Waals surface area (Å²) in [5.41, 5.74) is 0.0917. The van der Waals surface area contributed by atoms with Gasteiger partial charge in [0, 0.05) is 6.54 Å². The predicted octanol–water partition coefficient (Wildman–Crippen LogP) is 1.93. The lowest BCUT2D eigenvalue weighted by molar-refractivity contribution is -0.146. The van der Waals surface area contributed by atoms with Gasteiger partial charge < -0.3 is 5.11 Å². The quantitative estimate of drug-likeness (QED) is 0.860. The van der Waals surface area contributed by atoms with Crippen LogP contribution in [0.1, 0.15) is 18.4 Å². The van der Waals surface area contributed by atoms with E-state index in [0.717, 1.165) is 9.35 Å². The van der Waals surface area contributed by atoms with Gasteiger partial charge in [-0.15, -0.1) is 11.3 Å². The van der Waals surface area contributed by atoms with Crippen LogP contribution in [-0.2, 0) is 11.3 Å². The van der Waals surface area contributed by atoms with Crippen molar-refractivity contribution in [3.05, 3.63) is 30.2 Å². The van der Waals surface area contributed by atoms with E-state index < -0.39 is 11.7 Å². The highest BCUT2D eigenvalue weighted by molar-refractivity contribution is 9.11. The molecular weight excluding hydrogens is 360 g/mol. The van der Waals surface area contributed by atoms with Crippen LogP contribution in [0.3, 0.4) is 0 Å². The maximum Gasteiger partial charge on any atom is 0.329 e. The maximum atomic E-state index is 12.5. The molecule has 1 fully saturated rings. The third-order valence-corrected chi connectivity index (χ3v) is 6.11. The molecule has 6 nitrogen and oxygen atoms in total. The summed E-state index contributed by atoms with van der Waals surface area (Å²) in [6, 6.07) is 0. The average Bonchev–Trinajstić information content (AvgIpc) is 2.61. The zero-order valence-corrected chi connectivity index (χ0v) is 13.6. The number of carboxylic acid groups (broad SMARTS) is 1. The van der Waals surface area contributed by atoms with Crippen LogP contribution in [0.4, 0.5) is 0 Å². The Morgan fingerprint density at radius 1 is 1.48 bits per heavy atom. The Hall–Kier alpha value is -1.41. The SMILES string of the molecule is Cc1c(Br)sc2[nH]c(=O)n(CC3CC(C(=O)O)C3)c(=O)c12. The second-order valence-electron chi connectivity index (χ2n) is 5.42. The summed E-state index contributed by atoms with van der Waals surface area (Å²) < 4.78 is 2.02. The number of carbonyl (C=O) groups is 1. The van der Waals surface area contributed by atoms with Crippen molar-refractivity contribution in [1.29, 1.82) is 0 Å². The summed E-state index contributed by atoms with van der Waals surface area (Å²) in [4.78, 5) is 38.6. The van der Waals surface area contributed by atoms with Gasteiger partial charge in [-0.1, -0.05) is 0 Å². The standard InChI is InChI=1S/C13H13BrN2O4S/c1-5-8-10(21-9(5)14)15-13(20)16(11(8)17)4-6-2-7(3-6)12(18)19/h6-7H,2-4H2,1H3,(H,15,20)(H,18,19). The molecule has 21 heavy (non-hydrogen) atoms. The van der Waals surface area contributed by atoms with Gasteiger partial charge >= 0.3 is 11.7 Å². The molecule has 2 aromatic heterocycles. The minimum Gasteiger partial charge on any atom is -0.481 e. The first-order chi connectivity index (χ1) is 9.88. The van der Waals surface area contributed by atoms with E-state index in [2.05, 4.69) is 20.9 Å². The molecule has 2 aromatic rings. The van der Waals surface area contributed by atoms with Gasteiger partial charge in [-0.2, -0.15) is 0 Å². The van der Waals surface area contributed by atoms with Gasteiger partial charge in [0.15, 0.2) is 0 Å². The number of hydrogen-bond acceptors (Lipinski definition) is 4. The van der Waals surface area contributed by atoms with Crippen LogP contribution in [-0.4, -0.2) is 20.6 Å². The fourth-order valence-electron chi connectivity index (χ4n) is 2.73. The molecule has 0 aromatic carbocycles. The first-order valence-electron chi connectivity index (χ1n) is 6.53. The molecule has 1 aliphatic carbocycles. The number of hydrogen-bond donors (Lipinski definition) is 2. The van der Waals surface area contributed by atoms with Crippen LogP contribution in [0.2, 0.25) is 0 Å². The highest BCUT2D eigenvalue weighted by Crippen LogP contribution is 2.35. The summed E-state index contributed by atoms with van der Waals surface area (Å²) in [6.07, 6.45) is 1.04. The molecule has 0 saturated heterocycles. The zero-order valence-electron chi connectivity index (χ0n) is 11.2. The van der Waals surface area contributed by atoms with E-state index >= 15 is 0 Å². The number of H-pyrrole nitrogens is 1. The van der Waals surface area contributed by atoms with E-state index in [0.29, 0.717) is 23.1 Å². The van der Waals surface area contributed by atoms with Crippen LogP contribution < -0.4 is 11.2 Å². The van der Waals surface area contributed by atoms with E-state index in [1.807, 2.05) is 6.92 Å². The van der Waals surface area contributed by atoms with E-state index in [9.17, 15) is 14.4 Å². The molecule has 1 saturated carbocycles. The molecule has 0 spiro atoms. The predicted molar refractivity (Wildman–Crippen MR) is 83.0 cm³/mol. The number of aryl methyl sites for hydroxylation is 1. The number of aliphatic carboxylic acids is 1. The first kappa shape index (κ1) is 14.5. The second-order valence-corrected chi connectivity index (χ2v) is 7.76. The average molecular weight is 373 g/mol. The summed E-state index contributed by atoms with van der Waals surface area (Å²) >= 11 is 4.70. The number of nitrogens with one attached hydrogen (secondary N) is 1. The van der Waals surface area contributed by atoms with Crippen molar-refractivity contribution in [3.63, 3.8) is 0 Å². The number of nitrogens with zero attached hydrogens (tertiary/aromatic N) is 1. The van der Waals surface area contributed by atoms with Gasteiger partial charge in [-0.3, -0.25) is 19.1 Å². The van der Waals surface area contributed by atoms with Gasteiger partial charge in [0.2, 0.25) is 0 Å². The molecule has 2 heterocycles. The largest absolute Gasteiger partial charge is 0.481 e. The Kier molecular flexibility index (Phi) is 3.53. The van der Waals surface area contributed by atoms with Crippen LogP contribution in [0.25, 0.3) is 10.2 Å². The highest BCUT2D eigenvalue weighted by Gasteiger charge is 2.35. The second kappa shape index (κ2) is 5.10. The molecule has 1 aliphatic rings. The van der Waals surface area contributed by atoms with Gasteiger partial charge in [0.1, 0.15) is 4.83 Å². The maximum absolute atomic E-state index is 12.5. The Balaban J connectivity index is 1.96. The summed E-state index contributed by atoms with van der Waals surface area (Å²) in [6.45, 7) is 2.11. The Morgan fingerprint density at radius 2 is 2.14 bits per heavy atom. The molecule has 0 unspecified atom stereocenters. The molecule has 3 rings (SSSR count). The highest BCUT2D eigenvalue weighted by atomic mass is 79.9. The smallest absolute Gasteiger partial charge is 0.329 e. The van der Waals surface area contributed by atoms with Crippen molar-refractivity contribution >= 4 is 43.5 Å². The number of aromatic nitrogens is 2. The molecular formula is C13H13BrN2O4S. The van der Waals surface area contributed by atoms with Gasteiger partial charge in [0.25, 0.3) is 5.56 Å². The van der Waals surface area contributed by atoms with Crippen molar-refractivity contribution in [3.8, 4) is 0 Å². The van der Waals surface area contributed by atoms with Gasteiger partial charge in [-0.25, -0.2) is 4.79 Å². The van der Waals surface area contributed by atoms with Crippen LogP contribution in [0, 0.1) is 18.8 Å². The Labute approximate surface area is 131 Å². The van der Waals surface area contributed by atoms with Crippen molar-refractivity contribution in [2.45, 2.75) is 26.3 Å². The number of rotatable bonds is 3. The molecule has 2 N–H and O–H groups in total. The summed E-state index contributed by atoms with van der Waals surface area (Å²) in [7, 11) is 0. The molecule has 8 heteroatoms. The topological polar surface area (TPSA) is 92.2 Å². The number of aromatic amines is 1. The third kappa shape index (κ3) is 2.36. The number of halogens is 1. The number of carboxylic acids is 1. The lowest BCUT2D eigenvalue weighted by Crippen LogP contribution is -2.41. The fraction of sp³-hybridized carbons (Fsp3) is 0.462. The zero-order chi connectivity index (χ0) is 15.3. The van der Waals surface area contributed by atoms with E-state index in [1.54, 1.807) is 0 Å². The third-order valence-electron chi connectivity index (χ3n) is 4.04. The minimum atomic E-state index is -0.805. The normalized spacial score (nSPS) is 21.4. The van der Waals surface area contributed by atoms with Gasteiger partial charge in [0.05, 0.1) is 15.1 Å². The van der Waals surface area contributed by atoms with E-state index in [1.165, 1.54) is 15.9 Å². The molecule has 0 amide bonds. The van der Waals surface area contributed by atoms with Crippen molar-refractivity contribution < 1.29 is 9.90 Å². The fourth-order valence-corrected chi connectivity index (χ4v) is 4.33. The number of fused-ring (bicyclic) bond motifs is 1. The molecule has 0 bridgehead atoms. The van der Waals surface area contributed by atoms with E-state index in [-0.39, 0.29) is 23.9 Å². The number of thiophene rings is 1. The molecule has 0 radical (unpaired) electrons. The van der Waals surface area contributed by atoms with Crippen molar-refractivity contribution in [1.82, 2.24) is 9.55 Å². The Bertz CT molecular complexity index is 844. The molecule has 112 valence electrons. The Morgan fingerprint density at radius 3 is 2.76 bits per heavy atom. The van der Waals surface area contributed by atoms with E-state index in [4.69, 9.17) is 5.11 Å². The lowest BCUT2D eigenvalue weighted by Gasteiger charge is -2.32. The minimum absolute atomic E-state index is 0.0738. The summed E-state index contributed by atoms with van der Waals surface area (Å²) in [5, 5.41) is 9.39. The van der Waals surface area contributed by atoms with Crippen LogP contribution in [0.5, 0.6) is 0 Å². The molecule has 0 aliphatic heterocycles. The van der Waals surface area contributed by atoms with Crippen molar-refractivity contribution in [2.24, 2.45) is 11.8 Å². The van der Waals surface area contributed by atoms with Gasteiger partial charge in [-0.05, 0) is 47.2 Å². The molecule has 0 atom stereocenters. The summed E-state index contributed by atoms with van der Waals surface area (Å²) in [5.74, 6) is -1.07. The first-order valence-corrected chi connectivity index (χ1v) is 8.14. The lowest BCUT2D eigenvalue weighted by atomic mass is 9.75. The monoisotopic (exact) mass is 372 g/mol. The van der Waals surface area contributed by atoms with Crippen LogP contribution >= 0.6 is 27.3 Å².